The van der Waals surface area contributed by atoms with Crippen molar-refractivity contribution in [3.8, 4) is 6.07 Å². The molecule has 8 heteroatoms. The van der Waals surface area contributed by atoms with Crippen molar-refractivity contribution in [1.82, 2.24) is 14.0 Å². The van der Waals surface area contributed by atoms with E-state index in [4.69, 9.17) is 16.6 Å². The number of fused-ring (bicyclic) bond motifs is 2. The summed E-state index contributed by atoms with van der Waals surface area (Å²) in [6.07, 6.45) is 3.28. The van der Waals surface area contributed by atoms with E-state index in [9.17, 15) is 14.9 Å². The van der Waals surface area contributed by atoms with Crippen LogP contribution in [0.25, 0.3) is 16.7 Å². The third-order valence-electron chi connectivity index (χ3n) is 5.27. The van der Waals surface area contributed by atoms with Crippen LogP contribution in [0, 0.1) is 18.3 Å². The maximum Gasteiger partial charge on any atom is 0.280 e. The summed E-state index contributed by atoms with van der Waals surface area (Å²) < 4.78 is 3.16. The average molecular weight is 446 g/mol. The van der Waals surface area contributed by atoms with Gasteiger partial charge in [0.1, 0.15) is 17.4 Å². The normalized spacial score (nSPS) is 11.8. The molecule has 32 heavy (non-hydrogen) atoms. The van der Waals surface area contributed by atoms with Gasteiger partial charge in [-0.2, -0.15) is 10.3 Å². The van der Waals surface area contributed by atoms with Crippen molar-refractivity contribution in [3.63, 3.8) is 0 Å². The molecule has 1 amide bonds. The number of carbonyl (C=O) groups is 1. The molecular weight excluding hydrogens is 426 g/mol. The van der Waals surface area contributed by atoms with Gasteiger partial charge in [0.2, 0.25) is 0 Å². The number of nitrogens with zero attached hydrogens (tertiary/aromatic N) is 5. The molecule has 0 atom stereocenters. The van der Waals surface area contributed by atoms with Crippen molar-refractivity contribution in [2.45, 2.75) is 33.2 Å². The summed E-state index contributed by atoms with van der Waals surface area (Å²) in [6, 6.07) is 13.8. The molecule has 0 radical (unpaired) electrons. The van der Waals surface area contributed by atoms with Crippen LogP contribution in [-0.2, 0) is 6.54 Å². The Hall–Kier alpha value is -3.76. The third-order valence-corrected chi connectivity index (χ3v) is 5.60. The molecule has 0 N–H and O–H groups in total. The molecule has 1 aromatic carbocycles. The number of benzene rings is 1. The standard InChI is InChI=1S/C24H20ClN5O2/c1-3-4-11-29-21(28-23(31)17-9-5-6-10-19(17)25)16(14-26)13-18-22(29)27-20-15(2)8-7-12-30(20)24(18)32/h5-10,12-13H,3-4,11H2,1-2H3. The number of hydrogen-bond acceptors (Lipinski definition) is 4. The summed E-state index contributed by atoms with van der Waals surface area (Å²) in [5.74, 6) is -0.564. The van der Waals surface area contributed by atoms with Gasteiger partial charge in [-0.3, -0.25) is 14.0 Å². The fraction of sp³-hybridized carbons (Fsp3) is 0.208. The smallest absolute Gasteiger partial charge is 0.280 e. The van der Waals surface area contributed by atoms with Crippen LogP contribution in [0.1, 0.15) is 41.3 Å². The fourth-order valence-corrected chi connectivity index (χ4v) is 3.83. The van der Waals surface area contributed by atoms with Crippen molar-refractivity contribution >= 4 is 34.2 Å². The molecule has 7 nitrogen and oxygen atoms in total. The third kappa shape index (κ3) is 3.70. The monoisotopic (exact) mass is 445 g/mol. The van der Waals surface area contributed by atoms with E-state index in [0.717, 1.165) is 18.4 Å². The van der Waals surface area contributed by atoms with Gasteiger partial charge >= 0.3 is 0 Å². The van der Waals surface area contributed by atoms with Gasteiger partial charge in [-0.15, -0.1) is 0 Å². The number of unbranched alkanes of at least 4 members (excludes halogenated alkanes) is 1. The molecule has 0 saturated carbocycles. The van der Waals surface area contributed by atoms with E-state index in [1.165, 1.54) is 10.5 Å². The maximum absolute atomic E-state index is 13.2. The Kier molecular flexibility index (Phi) is 5.89. The number of aromatic nitrogens is 3. The zero-order valence-electron chi connectivity index (χ0n) is 17.7. The number of carbonyl (C=O) groups excluding carboxylic acids is 1. The van der Waals surface area contributed by atoms with E-state index in [1.54, 1.807) is 41.1 Å². The number of amides is 1. The predicted octanol–water partition coefficient (Wildman–Crippen LogP) is 4.02. The van der Waals surface area contributed by atoms with Crippen LogP contribution >= 0.6 is 11.6 Å². The van der Waals surface area contributed by atoms with E-state index in [2.05, 4.69) is 11.1 Å². The molecule has 3 heterocycles. The number of aryl methyl sites for hydroxylation is 2. The molecule has 0 bridgehead atoms. The lowest BCUT2D eigenvalue weighted by molar-refractivity contribution is 0.0997. The Morgan fingerprint density at radius 1 is 1.22 bits per heavy atom. The summed E-state index contributed by atoms with van der Waals surface area (Å²) in [7, 11) is 0. The second-order valence-electron chi connectivity index (χ2n) is 7.43. The zero-order chi connectivity index (χ0) is 22.8. The zero-order valence-corrected chi connectivity index (χ0v) is 18.4. The topological polar surface area (TPSA) is 92.5 Å². The minimum Gasteiger partial charge on any atom is -0.309 e. The van der Waals surface area contributed by atoms with Crippen LogP contribution in [0.3, 0.4) is 0 Å². The van der Waals surface area contributed by atoms with Crippen LogP contribution in [0.5, 0.6) is 0 Å². The first-order valence-electron chi connectivity index (χ1n) is 10.3. The molecule has 0 saturated heterocycles. The van der Waals surface area contributed by atoms with Crippen molar-refractivity contribution in [3.05, 3.63) is 86.2 Å². The Labute approximate surface area is 188 Å². The van der Waals surface area contributed by atoms with Gasteiger partial charge in [-0.05, 0) is 43.2 Å². The second-order valence-corrected chi connectivity index (χ2v) is 7.84. The fourth-order valence-electron chi connectivity index (χ4n) is 3.61. The van der Waals surface area contributed by atoms with E-state index < -0.39 is 5.91 Å². The first-order valence-corrected chi connectivity index (χ1v) is 10.6. The van der Waals surface area contributed by atoms with Gasteiger partial charge < -0.3 is 4.57 Å². The Morgan fingerprint density at radius 2 is 2.00 bits per heavy atom. The van der Waals surface area contributed by atoms with Crippen LogP contribution in [0.15, 0.2) is 58.4 Å². The summed E-state index contributed by atoms with van der Waals surface area (Å²) in [4.78, 5) is 35.2. The largest absolute Gasteiger partial charge is 0.309 e. The lowest BCUT2D eigenvalue weighted by Crippen LogP contribution is -2.29. The van der Waals surface area contributed by atoms with Gasteiger partial charge in [-0.1, -0.05) is 43.1 Å². The Bertz CT molecular complexity index is 1540. The molecule has 3 aromatic heterocycles. The Balaban J connectivity index is 2.12. The number of nitriles is 1. The highest BCUT2D eigenvalue weighted by Crippen LogP contribution is 2.17. The molecule has 0 unspecified atom stereocenters. The van der Waals surface area contributed by atoms with E-state index in [0.29, 0.717) is 23.2 Å². The maximum atomic E-state index is 13.2. The lowest BCUT2D eigenvalue weighted by Gasteiger charge is -2.14. The molecule has 0 fully saturated rings. The molecule has 0 aliphatic rings. The average Bonchev–Trinajstić information content (AvgIpc) is 2.79. The Morgan fingerprint density at radius 3 is 2.72 bits per heavy atom. The summed E-state index contributed by atoms with van der Waals surface area (Å²) in [6.45, 7) is 4.36. The first-order chi connectivity index (χ1) is 15.5. The SMILES string of the molecule is CCCCn1c(=NC(=O)c2ccccc2Cl)c(C#N)cc2c(=O)n3cccc(C)c3nc21. The van der Waals surface area contributed by atoms with Gasteiger partial charge in [0, 0.05) is 12.7 Å². The van der Waals surface area contributed by atoms with Crippen molar-refractivity contribution in [1.29, 1.82) is 5.26 Å². The molecular formula is C24H20ClN5O2. The van der Waals surface area contributed by atoms with Gasteiger partial charge in [0.15, 0.2) is 5.49 Å². The highest BCUT2D eigenvalue weighted by Gasteiger charge is 2.16. The molecule has 0 aliphatic heterocycles. The van der Waals surface area contributed by atoms with E-state index in [-0.39, 0.29) is 27.2 Å². The summed E-state index contributed by atoms with van der Waals surface area (Å²) in [5.41, 5.74) is 2.00. The first kappa shape index (κ1) is 21.5. The van der Waals surface area contributed by atoms with Crippen molar-refractivity contribution in [2.24, 2.45) is 4.99 Å². The number of hydrogen-bond donors (Lipinski definition) is 0. The number of pyridine rings is 2. The lowest BCUT2D eigenvalue weighted by atomic mass is 10.2. The predicted molar refractivity (Wildman–Crippen MR) is 123 cm³/mol. The summed E-state index contributed by atoms with van der Waals surface area (Å²) in [5, 5.41) is 10.4. The second kappa shape index (κ2) is 8.77. The van der Waals surface area contributed by atoms with E-state index >= 15 is 0 Å². The van der Waals surface area contributed by atoms with Crippen molar-refractivity contribution in [2.75, 3.05) is 0 Å². The van der Waals surface area contributed by atoms with Crippen LogP contribution in [0.2, 0.25) is 5.02 Å². The molecule has 4 rings (SSSR count). The van der Waals surface area contributed by atoms with Crippen LogP contribution < -0.4 is 11.0 Å². The highest BCUT2D eigenvalue weighted by molar-refractivity contribution is 6.33. The molecule has 4 aromatic rings. The molecule has 0 spiro atoms. The highest BCUT2D eigenvalue weighted by atomic mass is 35.5. The van der Waals surface area contributed by atoms with Gasteiger partial charge in [0.05, 0.1) is 21.5 Å². The minimum atomic E-state index is -0.564. The quantitative estimate of drug-likeness (QED) is 0.443. The molecule has 160 valence electrons. The minimum absolute atomic E-state index is 0.125. The van der Waals surface area contributed by atoms with Gasteiger partial charge in [0.25, 0.3) is 11.5 Å². The van der Waals surface area contributed by atoms with Crippen molar-refractivity contribution < 1.29 is 4.79 Å². The number of halogens is 1. The summed E-state index contributed by atoms with van der Waals surface area (Å²) >= 11 is 6.17. The number of rotatable bonds is 4. The van der Waals surface area contributed by atoms with Crippen LogP contribution in [0.4, 0.5) is 0 Å². The molecule has 0 aliphatic carbocycles. The van der Waals surface area contributed by atoms with Gasteiger partial charge in [-0.25, -0.2) is 4.98 Å². The van der Waals surface area contributed by atoms with E-state index in [1.807, 2.05) is 19.9 Å². The van der Waals surface area contributed by atoms with Crippen LogP contribution in [-0.4, -0.2) is 19.9 Å².